The molecule has 0 aliphatic carbocycles. The van der Waals surface area contributed by atoms with Crippen LogP contribution in [-0.2, 0) is 0 Å². The Labute approximate surface area is 174 Å². The van der Waals surface area contributed by atoms with E-state index in [1.54, 1.807) is 12.0 Å². The lowest BCUT2D eigenvalue weighted by atomic mass is 10.0. The molecule has 1 saturated heterocycles. The van der Waals surface area contributed by atoms with Gasteiger partial charge in [0.1, 0.15) is 11.8 Å². The summed E-state index contributed by atoms with van der Waals surface area (Å²) in [4.78, 5) is 1.64. The fourth-order valence-corrected chi connectivity index (χ4v) is 4.13. The molecular formula is C23H32N3OS+. The van der Waals surface area contributed by atoms with E-state index in [2.05, 4.69) is 66.9 Å². The van der Waals surface area contributed by atoms with Crippen molar-refractivity contribution in [3.63, 3.8) is 0 Å². The van der Waals surface area contributed by atoms with Gasteiger partial charge in [0.05, 0.1) is 26.7 Å². The number of methoxy groups -OCH3 is 1. The minimum absolute atomic E-state index is 0.379. The lowest BCUT2D eigenvalue weighted by Gasteiger charge is -2.32. The molecule has 0 saturated carbocycles. The van der Waals surface area contributed by atoms with E-state index in [0.717, 1.165) is 18.0 Å². The lowest BCUT2D eigenvalue weighted by molar-refractivity contribution is -0.934. The second kappa shape index (κ2) is 9.89. The van der Waals surface area contributed by atoms with Gasteiger partial charge in [-0.25, -0.2) is 0 Å². The monoisotopic (exact) mass is 398 g/mol. The summed E-state index contributed by atoms with van der Waals surface area (Å²) in [5, 5.41) is 7.52. The Balaban J connectivity index is 1.68. The van der Waals surface area contributed by atoms with Crippen molar-refractivity contribution >= 4 is 23.0 Å². The van der Waals surface area contributed by atoms with Crippen molar-refractivity contribution in [1.82, 2.24) is 5.32 Å². The molecule has 1 fully saturated rings. The number of likely N-dealkylation sites (tertiary alicyclic amines) is 1. The Morgan fingerprint density at radius 2 is 1.79 bits per heavy atom. The van der Waals surface area contributed by atoms with Crippen molar-refractivity contribution in [1.29, 1.82) is 0 Å². The van der Waals surface area contributed by atoms with Crippen LogP contribution in [0.2, 0.25) is 0 Å². The van der Waals surface area contributed by atoms with E-state index < -0.39 is 0 Å². The number of piperidine rings is 1. The van der Waals surface area contributed by atoms with Crippen LogP contribution in [0.4, 0.5) is 5.69 Å². The van der Waals surface area contributed by atoms with Gasteiger partial charge in [-0.15, -0.1) is 0 Å². The largest absolute Gasteiger partial charge is 0.497 e. The fourth-order valence-electron chi connectivity index (χ4n) is 3.94. The van der Waals surface area contributed by atoms with Crippen LogP contribution in [0.5, 0.6) is 5.75 Å². The second-order valence-electron chi connectivity index (χ2n) is 7.63. The summed E-state index contributed by atoms with van der Waals surface area (Å²) >= 11 is 5.60. The van der Waals surface area contributed by atoms with E-state index in [1.807, 2.05) is 0 Å². The molecule has 1 heterocycles. The molecule has 2 aromatic rings. The predicted octanol–water partition coefficient (Wildman–Crippen LogP) is 3.41. The molecule has 0 amide bonds. The molecule has 0 radical (unpaired) electrons. The van der Waals surface area contributed by atoms with E-state index in [1.165, 1.54) is 49.0 Å². The summed E-state index contributed by atoms with van der Waals surface area (Å²) in [6, 6.07) is 15.1. The number of ether oxygens (including phenoxy) is 1. The van der Waals surface area contributed by atoms with E-state index in [4.69, 9.17) is 17.0 Å². The number of nitrogens with one attached hydrogen (secondary N) is 3. The Bertz CT molecular complexity index is 785. The number of thiocarbonyl (C=S) groups is 1. The first-order chi connectivity index (χ1) is 13.6. The molecular weight excluding hydrogens is 366 g/mol. The zero-order chi connectivity index (χ0) is 19.9. The molecule has 28 heavy (non-hydrogen) atoms. The van der Waals surface area contributed by atoms with Crippen LogP contribution in [0.15, 0.2) is 42.5 Å². The highest BCUT2D eigenvalue weighted by molar-refractivity contribution is 7.80. The van der Waals surface area contributed by atoms with Crippen molar-refractivity contribution in [2.45, 2.75) is 39.2 Å². The third kappa shape index (κ3) is 5.24. The SMILES string of the molecule is COc1ccc([C@@H](CNC(=S)Nc2cccc(C)c2C)[NH+]2CCCCC2)cc1. The smallest absolute Gasteiger partial charge is 0.171 e. The minimum atomic E-state index is 0.379. The van der Waals surface area contributed by atoms with E-state index in [-0.39, 0.29) is 0 Å². The van der Waals surface area contributed by atoms with Gasteiger partial charge in [-0.1, -0.05) is 12.1 Å². The highest BCUT2D eigenvalue weighted by Crippen LogP contribution is 2.19. The molecule has 4 nitrogen and oxygen atoms in total. The first-order valence-electron chi connectivity index (χ1n) is 10.2. The standard InChI is InChI=1S/C23H31N3OS/c1-17-8-7-9-21(18(17)2)25-23(28)24-16-22(26-14-5-4-6-15-26)19-10-12-20(27-3)13-11-19/h7-13,22H,4-6,14-16H2,1-3H3,(H2,24,25,28)/p+1/t22-/m1/s1. The third-order valence-corrected chi connectivity index (χ3v) is 6.07. The van der Waals surface area contributed by atoms with Crippen LogP contribution in [0.3, 0.4) is 0 Å². The van der Waals surface area contributed by atoms with Gasteiger partial charge in [0, 0.05) is 11.3 Å². The van der Waals surface area contributed by atoms with Crippen LogP contribution in [0.25, 0.3) is 0 Å². The summed E-state index contributed by atoms with van der Waals surface area (Å²) in [5.74, 6) is 0.899. The number of benzene rings is 2. The van der Waals surface area contributed by atoms with Crippen molar-refractivity contribution in [2.24, 2.45) is 0 Å². The molecule has 0 spiro atoms. The topological polar surface area (TPSA) is 37.7 Å². The Kier molecular flexibility index (Phi) is 7.29. The van der Waals surface area contributed by atoms with Gasteiger partial charge >= 0.3 is 0 Å². The maximum Gasteiger partial charge on any atom is 0.171 e. The van der Waals surface area contributed by atoms with E-state index in [9.17, 15) is 0 Å². The molecule has 1 aliphatic rings. The zero-order valence-electron chi connectivity index (χ0n) is 17.2. The maximum atomic E-state index is 5.60. The van der Waals surface area contributed by atoms with E-state index in [0.29, 0.717) is 11.2 Å². The average Bonchev–Trinajstić information content (AvgIpc) is 2.73. The van der Waals surface area contributed by atoms with Crippen LogP contribution in [0, 0.1) is 13.8 Å². The molecule has 3 N–H and O–H groups in total. The van der Waals surface area contributed by atoms with Gasteiger partial charge in [0.2, 0.25) is 0 Å². The highest BCUT2D eigenvalue weighted by atomic mass is 32.1. The van der Waals surface area contributed by atoms with Gasteiger partial charge in [-0.2, -0.15) is 0 Å². The first-order valence-corrected chi connectivity index (χ1v) is 10.6. The molecule has 5 heteroatoms. The zero-order valence-corrected chi connectivity index (χ0v) is 18.0. The molecule has 150 valence electrons. The summed E-state index contributed by atoms with van der Waals surface area (Å²) in [7, 11) is 1.71. The maximum absolute atomic E-state index is 5.60. The minimum Gasteiger partial charge on any atom is -0.497 e. The Hall–Kier alpha value is -2.11. The first kappa shape index (κ1) is 20.6. The number of rotatable bonds is 6. The van der Waals surface area contributed by atoms with Crippen molar-refractivity contribution in [3.05, 3.63) is 59.2 Å². The van der Waals surface area contributed by atoms with Gasteiger partial charge in [-0.3, -0.25) is 0 Å². The van der Waals surface area contributed by atoms with Crippen molar-refractivity contribution in [3.8, 4) is 5.75 Å². The second-order valence-corrected chi connectivity index (χ2v) is 8.04. The quantitative estimate of drug-likeness (QED) is 0.652. The number of anilines is 1. The Morgan fingerprint density at radius 3 is 2.46 bits per heavy atom. The highest BCUT2D eigenvalue weighted by Gasteiger charge is 2.26. The number of aryl methyl sites for hydroxylation is 1. The van der Waals surface area contributed by atoms with Gasteiger partial charge in [0.25, 0.3) is 0 Å². The number of hydrogen-bond acceptors (Lipinski definition) is 2. The van der Waals surface area contributed by atoms with Crippen molar-refractivity contribution in [2.75, 3.05) is 32.1 Å². The van der Waals surface area contributed by atoms with Crippen LogP contribution >= 0.6 is 12.2 Å². The fraction of sp³-hybridized carbons (Fsp3) is 0.435. The van der Waals surface area contributed by atoms with Crippen molar-refractivity contribution < 1.29 is 9.64 Å². The predicted molar refractivity (Wildman–Crippen MR) is 120 cm³/mol. The summed E-state index contributed by atoms with van der Waals surface area (Å²) < 4.78 is 5.33. The van der Waals surface area contributed by atoms with Gasteiger partial charge in [-0.05, 0) is 86.8 Å². The van der Waals surface area contributed by atoms with Gasteiger partial charge in [0.15, 0.2) is 5.11 Å². The molecule has 0 aromatic heterocycles. The Morgan fingerprint density at radius 1 is 1.07 bits per heavy atom. The average molecular weight is 399 g/mol. The number of quaternary nitrogens is 1. The summed E-state index contributed by atoms with van der Waals surface area (Å²) in [6.45, 7) is 7.50. The van der Waals surface area contributed by atoms with Crippen LogP contribution < -0.4 is 20.3 Å². The number of hydrogen-bond donors (Lipinski definition) is 3. The summed E-state index contributed by atoms with van der Waals surface area (Å²) in [5.41, 5.74) is 4.91. The molecule has 1 atom stereocenters. The third-order valence-electron chi connectivity index (χ3n) is 5.83. The van der Waals surface area contributed by atoms with Gasteiger partial charge < -0.3 is 20.3 Å². The van der Waals surface area contributed by atoms with Crippen LogP contribution in [0.1, 0.15) is 42.0 Å². The van der Waals surface area contributed by atoms with E-state index >= 15 is 0 Å². The lowest BCUT2D eigenvalue weighted by Crippen LogP contribution is -3.13. The molecule has 2 aromatic carbocycles. The molecule has 3 rings (SSSR count). The molecule has 0 unspecified atom stereocenters. The summed E-state index contributed by atoms with van der Waals surface area (Å²) in [6.07, 6.45) is 3.94. The molecule has 0 bridgehead atoms. The normalized spacial score (nSPS) is 15.7. The van der Waals surface area contributed by atoms with Crippen LogP contribution in [-0.4, -0.2) is 31.9 Å². The molecule has 1 aliphatic heterocycles.